The molecule has 1 aromatic rings. The van der Waals surface area contributed by atoms with Gasteiger partial charge in [0.05, 0.1) is 11.7 Å². The summed E-state index contributed by atoms with van der Waals surface area (Å²) in [5.41, 5.74) is 1.05. The fourth-order valence-electron chi connectivity index (χ4n) is 3.95. The second-order valence-electron chi connectivity index (χ2n) is 8.24. The van der Waals surface area contributed by atoms with Gasteiger partial charge in [-0.05, 0) is 44.1 Å². The van der Waals surface area contributed by atoms with Crippen LogP contribution in [0.25, 0.3) is 0 Å². The highest BCUT2D eigenvalue weighted by Gasteiger charge is 2.36. The van der Waals surface area contributed by atoms with Gasteiger partial charge in [0.15, 0.2) is 0 Å². The molecule has 2 heterocycles. The molecule has 2 aliphatic rings. The van der Waals surface area contributed by atoms with Crippen molar-refractivity contribution in [2.45, 2.75) is 77.8 Å². The van der Waals surface area contributed by atoms with Crippen LogP contribution in [0.4, 0.5) is 5.88 Å². The summed E-state index contributed by atoms with van der Waals surface area (Å²) in [6, 6.07) is 2.45. The molecule has 5 nitrogen and oxygen atoms in total. The number of nitrogens with zero attached hydrogens (tertiary/aromatic N) is 2. The zero-order valence-corrected chi connectivity index (χ0v) is 14.6. The van der Waals surface area contributed by atoms with Crippen molar-refractivity contribution in [2.24, 2.45) is 5.41 Å². The molecule has 128 valence electrons. The van der Waals surface area contributed by atoms with Gasteiger partial charge in [-0.1, -0.05) is 38.8 Å². The summed E-state index contributed by atoms with van der Waals surface area (Å²) in [5, 5.41) is 7.01. The van der Waals surface area contributed by atoms with Crippen molar-refractivity contribution in [1.29, 1.82) is 0 Å². The Bertz CT molecular complexity index is 541. The van der Waals surface area contributed by atoms with E-state index in [1.54, 1.807) is 0 Å². The Morgan fingerprint density at radius 1 is 1.30 bits per heavy atom. The van der Waals surface area contributed by atoms with Crippen LogP contribution < -0.4 is 5.32 Å². The summed E-state index contributed by atoms with van der Waals surface area (Å²) < 4.78 is 5.30. The van der Waals surface area contributed by atoms with Gasteiger partial charge in [0.1, 0.15) is 0 Å². The van der Waals surface area contributed by atoms with Crippen LogP contribution >= 0.6 is 0 Å². The maximum Gasteiger partial charge on any atom is 0.244 e. The summed E-state index contributed by atoms with van der Waals surface area (Å²) in [6.07, 6.45) is 7.97. The van der Waals surface area contributed by atoms with Crippen LogP contribution in [0.3, 0.4) is 0 Å². The van der Waals surface area contributed by atoms with E-state index < -0.39 is 0 Å². The summed E-state index contributed by atoms with van der Waals surface area (Å²) in [5.74, 6) is 0.542. The number of carbonyl (C=O) groups excluding carboxylic acids is 1. The van der Waals surface area contributed by atoms with Crippen molar-refractivity contribution in [1.82, 2.24) is 10.1 Å². The van der Waals surface area contributed by atoms with Gasteiger partial charge in [-0.25, -0.2) is 0 Å². The summed E-state index contributed by atoms with van der Waals surface area (Å²) in [6.45, 7) is 7.54. The molecular formula is C18H29N3O2. The highest BCUT2D eigenvalue weighted by atomic mass is 16.5. The molecule has 0 spiro atoms. The van der Waals surface area contributed by atoms with E-state index in [-0.39, 0.29) is 17.4 Å². The number of hydrogen-bond acceptors (Lipinski definition) is 4. The van der Waals surface area contributed by atoms with Gasteiger partial charge in [-0.2, -0.15) is 0 Å². The normalized spacial score (nSPS) is 23.5. The summed E-state index contributed by atoms with van der Waals surface area (Å²) >= 11 is 0. The predicted octanol–water partition coefficient (Wildman–Crippen LogP) is 3.61. The van der Waals surface area contributed by atoms with Crippen LogP contribution in [0.5, 0.6) is 0 Å². The Kier molecular flexibility index (Phi) is 4.76. The molecule has 0 aromatic carbocycles. The molecule has 1 atom stereocenters. The van der Waals surface area contributed by atoms with Gasteiger partial charge in [0.2, 0.25) is 11.8 Å². The maximum absolute atomic E-state index is 12.6. The zero-order chi connectivity index (χ0) is 16.4. The molecule has 5 heteroatoms. The first kappa shape index (κ1) is 16.5. The second kappa shape index (κ2) is 6.63. The van der Waals surface area contributed by atoms with Crippen LogP contribution in [-0.2, 0) is 11.2 Å². The first-order valence-corrected chi connectivity index (χ1v) is 8.94. The van der Waals surface area contributed by atoms with Crippen LogP contribution in [0, 0.1) is 5.41 Å². The predicted molar refractivity (Wildman–Crippen MR) is 90.3 cm³/mol. The van der Waals surface area contributed by atoms with Gasteiger partial charge in [-0.3, -0.25) is 15.0 Å². The largest absolute Gasteiger partial charge is 0.338 e. The van der Waals surface area contributed by atoms with E-state index >= 15 is 0 Å². The van der Waals surface area contributed by atoms with Gasteiger partial charge in [0.25, 0.3) is 0 Å². The smallest absolute Gasteiger partial charge is 0.244 e. The molecule has 0 unspecified atom stereocenters. The molecule has 2 fully saturated rings. The SMILES string of the molecule is CC(C)(C)Cc1cc(NC(=O)[C@@H]2CCCN2C2CCCC2)on1. The Labute approximate surface area is 138 Å². The van der Waals surface area contributed by atoms with E-state index in [2.05, 4.69) is 36.1 Å². The minimum absolute atomic E-state index is 0.00531. The van der Waals surface area contributed by atoms with Crippen molar-refractivity contribution in [3.63, 3.8) is 0 Å². The number of nitrogens with one attached hydrogen (secondary N) is 1. The van der Waals surface area contributed by atoms with E-state index in [9.17, 15) is 4.79 Å². The molecule has 1 amide bonds. The van der Waals surface area contributed by atoms with Gasteiger partial charge >= 0.3 is 0 Å². The average Bonchev–Trinajstić information content (AvgIpc) is 3.17. The Morgan fingerprint density at radius 2 is 2.04 bits per heavy atom. The molecule has 1 aliphatic heterocycles. The minimum atomic E-state index is -0.00531. The first-order valence-electron chi connectivity index (χ1n) is 8.94. The molecule has 1 saturated carbocycles. The third-order valence-corrected chi connectivity index (χ3v) is 4.91. The van der Waals surface area contributed by atoms with E-state index in [0.29, 0.717) is 11.9 Å². The third kappa shape index (κ3) is 4.14. The Balaban J connectivity index is 1.60. The molecule has 1 saturated heterocycles. The van der Waals surface area contributed by atoms with Crippen molar-refractivity contribution in [3.05, 3.63) is 11.8 Å². The third-order valence-electron chi connectivity index (χ3n) is 4.91. The maximum atomic E-state index is 12.6. The summed E-state index contributed by atoms with van der Waals surface area (Å²) in [7, 11) is 0. The number of anilines is 1. The van der Waals surface area contributed by atoms with Gasteiger partial charge < -0.3 is 4.52 Å². The van der Waals surface area contributed by atoms with E-state index in [1.165, 1.54) is 25.7 Å². The number of hydrogen-bond donors (Lipinski definition) is 1. The van der Waals surface area contributed by atoms with Crippen molar-refractivity contribution in [3.8, 4) is 0 Å². The van der Waals surface area contributed by atoms with Crippen LogP contribution in [0.1, 0.15) is 65.0 Å². The number of amides is 1. The van der Waals surface area contributed by atoms with E-state index in [4.69, 9.17) is 4.52 Å². The van der Waals surface area contributed by atoms with Gasteiger partial charge in [-0.15, -0.1) is 0 Å². The van der Waals surface area contributed by atoms with Crippen molar-refractivity contribution in [2.75, 3.05) is 11.9 Å². The highest BCUT2D eigenvalue weighted by molar-refractivity contribution is 5.93. The standard InChI is InChI=1S/C18H29N3O2/c1-18(2,3)12-13-11-16(23-20-13)19-17(22)15-9-6-10-21(15)14-7-4-5-8-14/h11,14-15H,4-10,12H2,1-3H3,(H,19,22)/t15-/m0/s1. The molecule has 0 bridgehead atoms. The van der Waals surface area contributed by atoms with Crippen molar-refractivity contribution >= 4 is 11.8 Å². The van der Waals surface area contributed by atoms with Gasteiger partial charge in [0, 0.05) is 12.1 Å². The molecular weight excluding hydrogens is 290 g/mol. The minimum Gasteiger partial charge on any atom is -0.338 e. The lowest BCUT2D eigenvalue weighted by Gasteiger charge is -2.29. The molecule has 1 aliphatic carbocycles. The summed E-state index contributed by atoms with van der Waals surface area (Å²) in [4.78, 5) is 15.0. The van der Waals surface area contributed by atoms with E-state index in [0.717, 1.165) is 31.5 Å². The number of likely N-dealkylation sites (tertiary alicyclic amines) is 1. The quantitative estimate of drug-likeness (QED) is 0.921. The lowest BCUT2D eigenvalue weighted by Crippen LogP contribution is -2.44. The molecule has 1 aromatic heterocycles. The molecule has 0 radical (unpaired) electrons. The lowest BCUT2D eigenvalue weighted by atomic mass is 9.91. The van der Waals surface area contributed by atoms with Crippen molar-refractivity contribution < 1.29 is 9.32 Å². The monoisotopic (exact) mass is 319 g/mol. The highest BCUT2D eigenvalue weighted by Crippen LogP contribution is 2.30. The molecule has 23 heavy (non-hydrogen) atoms. The lowest BCUT2D eigenvalue weighted by molar-refractivity contribution is -0.121. The van der Waals surface area contributed by atoms with Crippen LogP contribution in [0.15, 0.2) is 10.6 Å². The first-order chi connectivity index (χ1) is 10.9. The zero-order valence-electron chi connectivity index (χ0n) is 14.6. The molecule has 1 N–H and O–H groups in total. The second-order valence-corrected chi connectivity index (χ2v) is 8.24. The van der Waals surface area contributed by atoms with Crippen LogP contribution in [-0.4, -0.2) is 34.6 Å². The fourth-order valence-corrected chi connectivity index (χ4v) is 3.95. The average molecular weight is 319 g/mol. The Hall–Kier alpha value is -1.36. The van der Waals surface area contributed by atoms with Crippen LogP contribution in [0.2, 0.25) is 0 Å². The topological polar surface area (TPSA) is 58.4 Å². The fraction of sp³-hybridized carbons (Fsp3) is 0.778. The number of rotatable bonds is 4. The number of aromatic nitrogens is 1. The Morgan fingerprint density at radius 3 is 2.74 bits per heavy atom. The molecule has 3 rings (SSSR count). The van der Waals surface area contributed by atoms with E-state index in [1.807, 2.05) is 6.07 Å². The number of carbonyl (C=O) groups is 1.